The summed E-state index contributed by atoms with van der Waals surface area (Å²) in [7, 11) is 0. The Balaban J connectivity index is 2.50. The molecule has 1 amide bonds. The molecule has 0 aromatic carbocycles. The van der Waals surface area contributed by atoms with Crippen LogP contribution in [0.4, 0.5) is 0 Å². The predicted octanol–water partition coefficient (Wildman–Crippen LogP) is -0.937. The van der Waals surface area contributed by atoms with Crippen LogP contribution in [0.25, 0.3) is 0 Å². The van der Waals surface area contributed by atoms with E-state index >= 15 is 0 Å². The number of nitrogens with one attached hydrogen (secondary N) is 2. The molecule has 1 aromatic rings. The van der Waals surface area contributed by atoms with Crippen LogP contribution in [0.5, 0.6) is 0 Å². The normalized spacial score (nSPS) is 10.3. The Kier molecular flexibility index (Phi) is 4.37. The molecule has 0 fully saturated rings. The third kappa shape index (κ3) is 3.10. The summed E-state index contributed by atoms with van der Waals surface area (Å²) in [5.41, 5.74) is 1.80. The molecule has 84 valence electrons. The van der Waals surface area contributed by atoms with Crippen molar-refractivity contribution in [3.05, 3.63) is 10.5 Å². The Morgan fingerprint density at radius 2 is 2.47 bits per heavy atom. The molecule has 0 saturated heterocycles. The van der Waals surface area contributed by atoms with Crippen LogP contribution < -0.4 is 17.0 Å². The first-order chi connectivity index (χ1) is 7.19. The molecule has 0 aliphatic rings. The van der Waals surface area contributed by atoms with Crippen LogP contribution in [0.1, 0.15) is 13.3 Å². The predicted molar refractivity (Wildman–Crippen MR) is 56.2 cm³/mol. The van der Waals surface area contributed by atoms with Crippen molar-refractivity contribution < 1.29 is 4.79 Å². The highest BCUT2D eigenvalue weighted by Gasteiger charge is 2.07. The van der Waals surface area contributed by atoms with E-state index in [0.29, 0.717) is 23.9 Å². The van der Waals surface area contributed by atoms with E-state index in [1.807, 2.05) is 12.3 Å². The van der Waals surface area contributed by atoms with Crippen molar-refractivity contribution in [2.75, 3.05) is 5.75 Å². The summed E-state index contributed by atoms with van der Waals surface area (Å²) in [4.78, 5) is 22.0. The first-order valence-corrected chi connectivity index (χ1v) is 5.45. The van der Waals surface area contributed by atoms with E-state index in [-0.39, 0.29) is 11.6 Å². The number of hydrogen-bond acceptors (Lipinski definition) is 5. The van der Waals surface area contributed by atoms with Crippen molar-refractivity contribution >= 4 is 17.7 Å². The Labute approximate surface area is 90.4 Å². The van der Waals surface area contributed by atoms with Gasteiger partial charge in [0.25, 0.3) is 0 Å². The third-order valence-corrected chi connectivity index (χ3v) is 2.74. The van der Waals surface area contributed by atoms with Gasteiger partial charge in [-0.15, -0.1) is 5.10 Å². The van der Waals surface area contributed by atoms with Crippen LogP contribution in [0.15, 0.2) is 9.95 Å². The third-order valence-electron chi connectivity index (χ3n) is 1.76. The van der Waals surface area contributed by atoms with E-state index in [2.05, 4.69) is 10.2 Å². The van der Waals surface area contributed by atoms with Gasteiger partial charge in [0, 0.05) is 18.7 Å². The first-order valence-electron chi connectivity index (χ1n) is 4.46. The van der Waals surface area contributed by atoms with Gasteiger partial charge in [-0.25, -0.2) is 15.7 Å². The molecule has 15 heavy (non-hydrogen) atoms. The zero-order valence-corrected chi connectivity index (χ0v) is 9.13. The van der Waals surface area contributed by atoms with Crippen LogP contribution in [0.2, 0.25) is 0 Å². The number of aromatic nitrogens is 3. The molecule has 0 aliphatic heterocycles. The number of H-pyrrole nitrogens is 1. The van der Waals surface area contributed by atoms with Crippen LogP contribution in [-0.2, 0) is 11.3 Å². The van der Waals surface area contributed by atoms with Crippen molar-refractivity contribution in [2.24, 2.45) is 5.84 Å². The van der Waals surface area contributed by atoms with Crippen LogP contribution in [-0.4, -0.2) is 26.4 Å². The fourth-order valence-corrected chi connectivity index (χ4v) is 1.95. The van der Waals surface area contributed by atoms with Gasteiger partial charge in [-0.1, -0.05) is 11.8 Å². The molecule has 0 bridgehead atoms. The van der Waals surface area contributed by atoms with Gasteiger partial charge in [0.05, 0.1) is 0 Å². The zero-order valence-electron chi connectivity index (χ0n) is 8.32. The second-order valence-electron chi connectivity index (χ2n) is 2.72. The second kappa shape index (κ2) is 5.56. The highest BCUT2D eigenvalue weighted by Crippen LogP contribution is 2.13. The minimum atomic E-state index is -0.233. The quantitative estimate of drug-likeness (QED) is 0.262. The van der Waals surface area contributed by atoms with Gasteiger partial charge in [0.15, 0.2) is 5.16 Å². The molecule has 0 saturated carbocycles. The molecule has 1 heterocycles. The molecule has 1 rings (SSSR count). The van der Waals surface area contributed by atoms with E-state index in [0.717, 1.165) is 0 Å². The Morgan fingerprint density at radius 1 is 1.73 bits per heavy atom. The maximum absolute atomic E-state index is 11.2. The lowest BCUT2D eigenvalue weighted by molar-refractivity contribution is -0.120. The van der Waals surface area contributed by atoms with Gasteiger partial charge in [-0.3, -0.25) is 14.8 Å². The molecule has 0 atom stereocenters. The lowest BCUT2D eigenvalue weighted by Gasteiger charge is -2.01. The lowest BCUT2D eigenvalue weighted by Crippen LogP contribution is -2.30. The number of aromatic amines is 1. The molecule has 0 unspecified atom stereocenters. The van der Waals surface area contributed by atoms with Crippen molar-refractivity contribution in [2.45, 2.75) is 25.0 Å². The first kappa shape index (κ1) is 11.8. The number of nitrogens with zero attached hydrogens (tertiary/aromatic N) is 2. The fourth-order valence-electron chi connectivity index (χ4n) is 0.999. The van der Waals surface area contributed by atoms with E-state index in [1.165, 1.54) is 16.3 Å². The number of thioether (sulfide) groups is 1. The van der Waals surface area contributed by atoms with Crippen LogP contribution >= 0.6 is 11.8 Å². The standard InChI is InChI=1S/C7H13N5O2S/c1-2-12-6(14)10-11-7(12)15-4-3-5(13)9-8/h2-4,8H2,1H3,(H,9,13)(H,10,14). The molecule has 0 aliphatic carbocycles. The molecule has 4 N–H and O–H groups in total. The number of hydrazine groups is 1. The van der Waals surface area contributed by atoms with Crippen molar-refractivity contribution in [3.63, 3.8) is 0 Å². The second-order valence-corrected chi connectivity index (χ2v) is 3.78. The van der Waals surface area contributed by atoms with Crippen LogP contribution in [0, 0.1) is 0 Å². The monoisotopic (exact) mass is 231 g/mol. The number of nitrogens with two attached hydrogens (primary N) is 1. The summed E-state index contributed by atoms with van der Waals surface area (Å²) < 4.78 is 1.50. The average molecular weight is 231 g/mol. The van der Waals surface area contributed by atoms with Gasteiger partial charge in [0.1, 0.15) is 0 Å². The lowest BCUT2D eigenvalue weighted by atomic mass is 10.5. The maximum Gasteiger partial charge on any atom is 0.343 e. The largest absolute Gasteiger partial charge is 0.343 e. The zero-order chi connectivity index (χ0) is 11.3. The van der Waals surface area contributed by atoms with Gasteiger partial charge in [0.2, 0.25) is 5.91 Å². The number of carbonyl (C=O) groups is 1. The van der Waals surface area contributed by atoms with Gasteiger partial charge < -0.3 is 0 Å². The number of hydrogen-bond donors (Lipinski definition) is 3. The van der Waals surface area contributed by atoms with Gasteiger partial charge >= 0.3 is 5.69 Å². The Hall–Kier alpha value is -1.28. The SMILES string of the molecule is CCn1c(SCCC(=O)NN)n[nH]c1=O. The summed E-state index contributed by atoms with van der Waals surface area (Å²) in [5, 5.41) is 6.78. The summed E-state index contributed by atoms with van der Waals surface area (Å²) in [5.74, 6) is 5.23. The van der Waals surface area contributed by atoms with Crippen molar-refractivity contribution in [1.29, 1.82) is 0 Å². The van der Waals surface area contributed by atoms with E-state index in [9.17, 15) is 9.59 Å². The van der Waals surface area contributed by atoms with Crippen molar-refractivity contribution in [1.82, 2.24) is 20.2 Å². The Bertz CT molecular complexity index is 385. The van der Waals surface area contributed by atoms with Crippen molar-refractivity contribution in [3.8, 4) is 0 Å². The molecular formula is C7H13N5O2S. The Morgan fingerprint density at radius 3 is 3.07 bits per heavy atom. The number of rotatable bonds is 5. The molecule has 1 aromatic heterocycles. The van der Waals surface area contributed by atoms with E-state index in [4.69, 9.17) is 5.84 Å². The molecule has 0 radical (unpaired) electrons. The maximum atomic E-state index is 11.2. The minimum absolute atomic E-state index is 0.233. The van der Waals surface area contributed by atoms with E-state index in [1.54, 1.807) is 0 Å². The molecular weight excluding hydrogens is 218 g/mol. The topological polar surface area (TPSA) is 106 Å². The smallest absolute Gasteiger partial charge is 0.294 e. The number of carbonyl (C=O) groups excluding carboxylic acids is 1. The number of amides is 1. The van der Waals surface area contributed by atoms with Crippen LogP contribution in [0.3, 0.4) is 0 Å². The minimum Gasteiger partial charge on any atom is -0.294 e. The molecule has 7 nitrogen and oxygen atoms in total. The summed E-state index contributed by atoms with van der Waals surface area (Å²) >= 11 is 1.34. The van der Waals surface area contributed by atoms with Gasteiger partial charge in [-0.2, -0.15) is 0 Å². The van der Waals surface area contributed by atoms with Gasteiger partial charge in [-0.05, 0) is 6.92 Å². The summed E-state index contributed by atoms with van der Waals surface area (Å²) in [6, 6.07) is 0. The molecule has 0 spiro atoms. The summed E-state index contributed by atoms with van der Waals surface area (Å²) in [6.45, 7) is 2.41. The highest BCUT2D eigenvalue weighted by atomic mass is 32.2. The fraction of sp³-hybridized carbons (Fsp3) is 0.571. The highest BCUT2D eigenvalue weighted by molar-refractivity contribution is 7.99. The summed E-state index contributed by atoms with van der Waals surface area (Å²) in [6.07, 6.45) is 0.298. The molecule has 8 heteroatoms. The average Bonchev–Trinajstić information content (AvgIpc) is 2.59. The van der Waals surface area contributed by atoms with E-state index < -0.39 is 0 Å².